The summed E-state index contributed by atoms with van der Waals surface area (Å²) in [6, 6.07) is -0.557. The zero-order chi connectivity index (χ0) is 8.48. The van der Waals surface area contributed by atoms with Crippen molar-refractivity contribution in [2.24, 2.45) is 0 Å². The highest BCUT2D eigenvalue weighted by Gasteiger charge is 2.31. The second-order valence-corrected chi connectivity index (χ2v) is 3.43. The molecular weight excluding hydrogens is 146 g/mol. The van der Waals surface area contributed by atoms with E-state index in [1.54, 1.807) is 0 Å². The van der Waals surface area contributed by atoms with Gasteiger partial charge in [-0.15, -0.1) is 0 Å². The van der Waals surface area contributed by atoms with E-state index in [1.165, 1.54) is 0 Å². The molecule has 0 spiro atoms. The first-order valence-electron chi connectivity index (χ1n) is 3.59. The summed E-state index contributed by atoms with van der Waals surface area (Å²) in [7, 11) is 0. The maximum atomic E-state index is 10.5. The zero-order valence-electron chi connectivity index (χ0n) is 6.76. The maximum Gasteiger partial charge on any atom is 0.323 e. The lowest BCUT2D eigenvalue weighted by molar-refractivity contribution is -0.144. The van der Waals surface area contributed by atoms with Crippen molar-refractivity contribution in [3.63, 3.8) is 0 Å². The molecule has 1 fully saturated rings. The summed E-state index contributed by atoms with van der Waals surface area (Å²) >= 11 is 0. The van der Waals surface area contributed by atoms with Gasteiger partial charge in [0, 0.05) is 5.54 Å². The molecule has 1 aliphatic heterocycles. The van der Waals surface area contributed by atoms with E-state index in [0.29, 0.717) is 6.61 Å². The van der Waals surface area contributed by atoms with Gasteiger partial charge in [-0.2, -0.15) is 0 Å². The molecule has 0 radical (unpaired) electrons. The summed E-state index contributed by atoms with van der Waals surface area (Å²) in [5, 5.41) is 11.6. The predicted molar refractivity (Wildman–Crippen MR) is 39.5 cm³/mol. The fourth-order valence-electron chi connectivity index (χ4n) is 1.12. The van der Waals surface area contributed by atoms with Gasteiger partial charge in [0.05, 0.1) is 13.2 Å². The summed E-state index contributed by atoms with van der Waals surface area (Å²) in [6.07, 6.45) is 0. The molecule has 4 heteroatoms. The van der Waals surface area contributed by atoms with Gasteiger partial charge in [0.2, 0.25) is 0 Å². The van der Waals surface area contributed by atoms with Gasteiger partial charge in [-0.1, -0.05) is 0 Å². The minimum absolute atomic E-state index is 0.221. The summed E-state index contributed by atoms with van der Waals surface area (Å²) in [5.41, 5.74) is -0.221. The monoisotopic (exact) mass is 159 g/mol. The summed E-state index contributed by atoms with van der Waals surface area (Å²) in [4.78, 5) is 10.5. The first-order chi connectivity index (χ1) is 5.01. The van der Waals surface area contributed by atoms with Crippen LogP contribution in [0.1, 0.15) is 13.8 Å². The average molecular weight is 159 g/mol. The summed E-state index contributed by atoms with van der Waals surface area (Å²) in [5.74, 6) is -0.849. The summed E-state index contributed by atoms with van der Waals surface area (Å²) in [6.45, 7) is 4.67. The Hall–Kier alpha value is -0.610. The SMILES string of the molecule is CC1(C)COC[C@@H](C(=O)O)N1. The van der Waals surface area contributed by atoms with Crippen LogP contribution >= 0.6 is 0 Å². The third-order valence-electron chi connectivity index (χ3n) is 1.61. The second-order valence-electron chi connectivity index (χ2n) is 3.43. The van der Waals surface area contributed by atoms with Gasteiger partial charge < -0.3 is 9.84 Å². The van der Waals surface area contributed by atoms with Crippen LogP contribution in [0.2, 0.25) is 0 Å². The quantitative estimate of drug-likeness (QED) is 0.558. The Bertz CT molecular complexity index is 167. The highest BCUT2D eigenvalue weighted by Crippen LogP contribution is 2.10. The van der Waals surface area contributed by atoms with Gasteiger partial charge in [0.1, 0.15) is 6.04 Å². The minimum Gasteiger partial charge on any atom is -0.480 e. The number of rotatable bonds is 1. The number of carboxylic acid groups (broad SMARTS) is 1. The fourth-order valence-corrected chi connectivity index (χ4v) is 1.12. The predicted octanol–water partition coefficient (Wildman–Crippen LogP) is -0.162. The Balaban J connectivity index is 2.53. The molecule has 2 N–H and O–H groups in total. The molecule has 0 aliphatic carbocycles. The molecule has 0 amide bonds. The van der Waals surface area contributed by atoms with E-state index in [9.17, 15) is 4.79 Å². The van der Waals surface area contributed by atoms with Crippen molar-refractivity contribution in [1.29, 1.82) is 0 Å². The number of aliphatic carboxylic acids is 1. The van der Waals surface area contributed by atoms with Gasteiger partial charge >= 0.3 is 5.97 Å². The van der Waals surface area contributed by atoms with Crippen molar-refractivity contribution in [3.05, 3.63) is 0 Å². The number of hydrogen-bond donors (Lipinski definition) is 2. The molecule has 64 valence electrons. The van der Waals surface area contributed by atoms with E-state index in [2.05, 4.69) is 5.32 Å². The van der Waals surface area contributed by atoms with E-state index in [-0.39, 0.29) is 12.1 Å². The van der Waals surface area contributed by atoms with E-state index < -0.39 is 12.0 Å². The number of morpholine rings is 1. The molecule has 0 bridgehead atoms. The molecule has 0 saturated carbocycles. The van der Waals surface area contributed by atoms with Crippen LogP contribution in [0.4, 0.5) is 0 Å². The molecule has 0 aromatic heterocycles. The van der Waals surface area contributed by atoms with Crippen LogP contribution in [0.5, 0.6) is 0 Å². The maximum absolute atomic E-state index is 10.5. The Morgan fingerprint density at radius 3 is 2.73 bits per heavy atom. The highest BCUT2D eigenvalue weighted by atomic mass is 16.5. The minimum atomic E-state index is -0.849. The Kier molecular flexibility index (Phi) is 2.15. The normalized spacial score (nSPS) is 29.8. The molecule has 1 rings (SSSR count). The van der Waals surface area contributed by atoms with Crippen molar-refractivity contribution >= 4 is 5.97 Å². The van der Waals surface area contributed by atoms with E-state index >= 15 is 0 Å². The average Bonchev–Trinajstić information content (AvgIpc) is 1.85. The number of carbonyl (C=O) groups is 1. The molecule has 0 unspecified atom stereocenters. The number of ether oxygens (including phenoxy) is 1. The second kappa shape index (κ2) is 2.79. The van der Waals surface area contributed by atoms with Crippen LogP contribution in [0.25, 0.3) is 0 Å². The number of nitrogens with one attached hydrogen (secondary N) is 1. The smallest absolute Gasteiger partial charge is 0.323 e. The molecular formula is C7H13NO3. The fraction of sp³-hybridized carbons (Fsp3) is 0.857. The molecule has 1 aliphatic rings. The molecule has 1 heterocycles. The molecule has 1 atom stereocenters. The van der Waals surface area contributed by atoms with Crippen LogP contribution in [-0.2, 0) is 9.53 Å². The Labute approximate surface area is 65.5 Å². The van der Waals surface area contributed by atoms with Gasteiger partial charge in [0.15, 0.2) is 0 Å². The first-order valence-corrected chi connectivity index (χ1v) is 3.59. The van der Waals surface area contributed by atoms with E-state index in [1.807, 2.05) is 13.8 Å². The summed E-state index contributed by atoms with van der Waals surface area (Å²) < 4.78 is 5.12. The van der Waals surface area contributed by atoms with Crippen molar-refractivity contribution in [1.82, 2.24) is 5.32 Å². The van der Waals surface area contributed by atoms with Crippen LogP contribution < -0.4 is 5.32 Å². The van der Waals surface area contributed by atoms with Crippen molar-refractivity contribution in [2.45, 2.75) is 25.4 Å². The van der Waals surface area contributed by atoms with Gasteiger partial charge in [-0.05, 0) is 13.8 Å². The van der Waals surface area contributed by atoms with Crippen LogP contribution in [0.3, 0.4) is 0 Å². The standard InChI is InChI=1S/C7H13NO3/c1-7(2)4-11-3-5(8-7)6(9)10/h5,8H,3-4H2,1-2H3,(H,9,10)/t5-/m0/s1. The number of carboxylic acids is 1. The molecule has 1 saturated heterocycles. The first kappa shape index (κ1) is 8.49. The number of hydrogen-bond acceptors (Lipinski definition) is 3. The Morgan fingerprint density at radius 1 is 1.73 bits per heavy atom. The van der Waals surface area contributed by atoms with Gasteiger partial charge in [0.25, 0.3) is 0 Å². The highest BCUT2D eigenvalue weighted by molar-refractivity contribution is 5.73. The van der Waals surface area contributed by atoms with E-state index in [4.69, 9.17) is 9.84 Å². The van der Waals surface area contributed by atoms with Crippen molar-refractivity contribution in [2.75, 3.05) is 13.2 Å². The third kappa shape index (κ3) is 2.17. The molecule has 0 aromatic carbocycles. The molecule has 0 aromatic rings. The molecule has 4 nitrogen and oxygen atoms in total. The topological polar surface area (TPSA) is 58.6 Å². The Morgan fingerprint density at radius 2 is 2.36 bits per heavy atom. The van der Waals surface area contributed by atoms with Gasteiger partial charge in [-0.3, -0.25) is 10.1 Å². The van der Waals surface area contributed by atoms with Crippen molar-refractivity contribution < 1.29 is 14.6 Å². The van der Waals surface area contributed by atoms with Crippen LogP contribution in [-0.4, -0.2) is 35.9 Å². The largest absolute Gasteiger partial charge is 0.480 e. The van der Waals surface area contributed by atoms with Crippen molar-refractivity contribution in [3.8, 4) is 0 Å². The zero-order valence-corrected chi connectivity index (χ0v) is 6.76. The van der Waals surface area contributed by atoms with E-state index in [0.717, 1.165) is 0 Å². The van der Waals surface area contributed by atoms with Crippen LogP contribution in [0.15, 0.2) is 0 Å². The molecule has 11 heavy (non-hydrogen) atoms. The lowest BCUT2D eigenvalue weighted by Gasteiger charge is -2.34. The lowest BCUT2D eigenvalue weighted by atomic mass is 10.0. The van der Waals surface area contributed by atoms with Gasteiger partial charge in [-0.25, -0.2) is 0 Å². The lowest BCUT2D eigenvalue weighted by Crippen LogP contribution is -2.58. The van der Waals surface area contributed by atoms with Crippen LogP contribution in [0, 0.1) is 0 Å². The third-order valence-corrected chi connectivity index (χ3v) is 1.61.